The van der Waals surface area contributed by atoms with Crippen LogP contribution in [0.4, 0.5) is 0 Å². The summed E-state index contributed by atoms with van der Waals surface area (Å²) >= 11 is 0. The van der Waals surface area contributed by atoms with Crippen LogP contribution in [-0.2, 0) is 4.79 Å². The van der Waals surface area contributed by atoms with Gasteiger partial charge >= 0.3 is 0 Å². The van der Waals surface area contributed by atoms with Crippen molar-refractivity contribution in [2.75, 3.05) is 0 Å². The third kappa shape index (κ3) is 2.47. The monoisotopic (exact) mass is 219 g/mol. The molecular weight excluding hydrogens is 198 g/mol. The fourth-order valence-electron chi connectivity index (χ4n) is 2.88. The molecule has 0 radical (unpaired) electrons. The lowest BCUT2D eigenvalue weighted by molar-refractivity contribution is -0.122. The number of nitrogens with one attached hydrogen (secondary N) is 1. The fraction of sp³-hybridized carbons (Fsp3) is 0.786. The van der Waals surface area contributed by atoms with E-state index in [4.69, 9.17) is 0 Å². The van der Waals surface area contributed by atoms with Gasteiger partial charge in [-0.2, -0.15) is 0 Å². The lowest BCUT2D eigenvalue weighted by atomic mass is 10.0. The molecule has 88 valence electrons. The van der Waals surface area contributed by atoms with Crippen LogP contribution in [-0.4, -0.2) is 11.9 Å². The zero-order valence-corrected chi connectivity index (χ0v) is 9.82. The van der Waals surface area contributed by atoms with Gasteiger partial charge in [0.25, 0.3) is 0 Å². The molecule has 0 aromatic carbocycles. The SMILES string of the molecule is O=C(C[C@@H]1C=CCC1)NC(C1CC1)C1CC1. The number of rotatable bonds is 5. The van der Waals surface area contributed by atoms with Gasteiger partial charge in [0.05, 0.1) is 0 Å². The Morgan fingerprint density at radius 1 is 1.19 bits per heavy atom. The Hall–Kier alpha value is -0.790. The minimum atomic E-state index is 0.292. The van der Waals surface area contributed by atoms with Crippen LogP contribution < -0.4 is 5.32 Å². The van der Waals surface area contributed by atoms with Crippen molar-refractivity contribution < 1.29 is 4.79 Å². The molecule has 0 unspecified atom stereocenters. The van der Waals surface area contributed by atoms with E-state index >= 15 is 0 Å². The Kier molecular flexibility index (Phi) is 2.74. The lowest BCUT2D eigenvalue weighted by Gasteiger charge is -2.18. The maximum absolute atomic E-state index is 11.9. The molecule has 3 aliphatic carbocycles. The Labute approximate surface area is 97.5 Å². The number of hydrogen-bond acceptors (Lipinski definition) is 1. The Morgan fingerprint density at radius 2 is 1.88 bits per heavy atom. The van der Waals surface area contributed by atoms with E-state index in [1.807, 2.05) is 0 Å². The van der Waals surface area contributed by atoms with Gasteiger partial charge in [0.15, 0.2) is 0 Å². The van der Waals surface area contributed by atoms with E-state index in [-0.39, 0.29) is 0 Å². The summed E-state index contributed by atoms with van der Waals surface area (Å²) in [6, 6.07) is 0.526. The first-order valence-corrected chi connectivity index (χ1v) is 6.79. The van der Waals surface area contributed by atoms with Crippen molar-refractivity contribution in [2.45, 2.75) is 51.0 Å². The van der Waals surface area contributed by atoms with Crippen LogP contribution in [0.3, 0.4) is 0 Å². The molecular formula is C14H21NO. The topological polar surface area (TPSA) is 29.1 Å². The van der Waals surface area contributed by atoms with E-state index < -0.39 is 0 Å². The maximum atomic E-state index is 11.9. The quantitative estimate of drug-likeness (QED) is 0.708. The summed E-state index contributed by atoms with van der Waals surface area (Å²) < 4.78 is 0. The van der Waals surface area contributed by atoms with E-state index in [0.717, 1.165) is 18.3 Å². The van der Waals surface area contributed by atoms with Crippen molar-refractivity contribution in [2.24, 2.45) is 17.8 Å². The predicted molar refractivity (Wildman–Crippen MR) is 63.9 cm³/mol. The van der Waals surface area contributed by atoms with Crippen molar-refractivity contribution in [1.82, 2.24) is 5.32 Å². The van der Waals surface area contributed by atoms with E-state index in [1.165, 1.54) is 32.1 Å². The third-order valence-corrected chi connectivity index (χ3v) is 4.15. The molecule has 0 aliphatic heterocycles. The highest BCUT2D eigenvalue weighted by Crippen LogP contribution is 2.44. The van der Waals surface area contributed by atoms with Gasteiger partial charge in [-0.15, -0.1) is 0 Å². The Morgan fingerprint density at radius 3 is 2.38 bits per heavy atom. The van der Waals surface area contributed by atoms with Gasteiger partial charge in [-0.3, -0.25) is 4.79 Å². The van der Waals surface area contributed by atoms with Gasteiger partial charge in [0.1, 0.15) is 0 Å². The zero-order valence-electron chi connectivity index (χ0n) is 9.82. The van der Waals surface area contributed by atoms with Crippen molar-refractivity contribution >= 4 is 5.91 Å². The van der Waals surface area contributed by atoms with Crippen LogP contribution in [0.2, 0.25) is 0 Å². The molecule has 3 rings (SSSR count). The van der Waals surface area contributed by atoms with Gasteiger partial charge in [-0.25, -0.2) is 0 Å². The van der Waals surface area contributed by atoms with Crippen LogP contribution in [0.1, 0.15) is 44.9 Å². The van der Waals surface area contributed by atoms with E-state index in [1.54, 1.807) is 0 Å². The third-order valence-electron chi connectivity index (χ3n) is 4.15. The van der Waals surface area contributed by atoms with Gasteiger partial charge in [-0.05, 0) is 56.3 Å². The van der Waals surface area contributed by atoms with Crippen molar-refractivity contribution in [1.29, 1.82) is 0 Å². The van der Waals surface area contributed by atoms with Crippen molar-refractivity contribution in [3.63, 3.8) is 0 Å². The maximum Gasteiger partial charge on any atom is 0.220 e. The summed E-state index contributed by atoms with van der Waals surface area (Å²) in [7, 11) is 0. The molecule has 0 bridgehead atoms. The minimum absolute atomic E-state index is 0.292. The van der Waals surface area contributed by atoms with Crippen LogP contribution in [0.15, 0.2) is 12.2 Å². The highest BCUT2D eigenvalue weighted by Gasteiger charge is 2.42. The Balaban J connectivity index is 1.48. The second kappa shape index (κ2) is 4.23. The summed E-state index contributed by atoms with van der Waals surface area (Å²) in [5, 5.41) is 3.29. The van der Waals surface area contributed by atoms with Crippen LogP contribution >= 0.6 is 0 Å². The molecule has 1 atom stereocenters. The molecule has 1 amide bonds. The molecule has 16 heavy (non-hydrogen) atoms. The molecule has 2 heteroatoms. The zero-order chi connectivity index (χ0) is 11.0. The first kappa shape index (κ1) is 10.4. The summed E-state index contributed by atoms with van der Waals surface area (Å²) in [5.74, 6) is 2.44. The molecule has 0 saturated heterocycles. The summed E-state index contributed by atoms with van der Waals surface area (Å²) in [5.41, 5.74) is 0. The molecule has 2 nitrogen and oxygen atoms in total. The highest BCUT2D eigenvalue weighted by atomic mass is 16.1. The number of carbonyl (C=O) groups is 1. The number of allylic oxidation sites excluding steroid dienone is 2. The van der Waals surface area contributed by atoms with Crippen LogP contribution in [0.25, 0.3) is 0 Å². The van der Waals surface area contributed by atoms with Gasteiger partial charge in [0.2, 0.25) is 5.91 Å². The smallest absolute Gasteiger partial charge is 0.220 e. The van der Waals surface area contributed by atoms with E-state index in [0.29, 0.717) is 24.3 Å². The lowest BCUT2D eigenvalue weighted by Crippen LogP contribution is -2.38. The normalized spacial score (nSPS) is 28.7. The largest absolute Gasteiger partial charge is 0.353 e. The second-order valence-corrected chi connectivity index (χ2v) is 5.74. The molecule has 0 heterocycles. The van der Waals surface area contributed by atoms with E-state index in [9.17, 15) is 4.79 Å². The standard InChI is InChI=1S/C14H21NO/c16-13(9-10-3-1-2-4-10)15-14(11-5-6-11)12-7-8-12/h1,3,10-12,14H,2,4-9H2,(H,15,16)/t10-/m1/s1. The minimum Gasteiger partial charge on any atom is -0.353 e. The fourth-order valence-corrected chi connectivity index (χ4v) is 2.88. The number of carbonyl (C=O) groups excluding carboxylic acids is 1. The second-order valence-electron chi connectivity index (χ2n) is 5.74. The predicted octanol–water partition coefficient (Wildman–Crippen LogP) is 2.65. The average Bonchev–Trinajstić information content (AvgIpc) is 3.17. The number of amides is 1. The summed E-state index contributed by atoms with van der Waals surface area (Å²) in [6.07, 6.45) is 12.8. The highest BCUT2D eigenvalue weighted by molar-refractivity contribution is 5.77. The van der Waals surface area contributed by atoms with Crippen molar-refractivity contribution in [3.05, 3.63) is 12.2 Å². The van der Waals surface area contributed by atoms with Gasteiger partial charge in [0, 0.05) is 12.5 Å². The van der Waals surface area contributed by atoms with Crippen LogP contribution in [0, 0.1) is 17.8 Å². The molecule has 2 saturated carbocycles. The molecule has 0 spiro atoms. The Bertz CT molecular complexity index is 290. The van der Waals surface area contributed by atoms with Gasteiger partial charge in [-0.1, -0.05) is 12.2 Å². The van der Waals surface area contributed by atoms with Crippen LogP contribution in [0.5, 0.6) is 0 Å². The van der Waals surface area contributed by atoms with Crippen molar-refractivity contribution in [3.8, 4) is 0 Å². The average molecular weight is 219 g/mol. The molecule has 3 aliphatic rings. The molecule has 0 aromatic heterocycles. The number of hydrogen-bond donors (Lipinski definition) is 1. The first-order valence-electron chi connectivity index (χ1n) is 6.79. The molecule has 0 aromatic rings. The summed E-state index contributed by atoms with van der Waals surface area (Å²) in [4.78, 5) is 11.9. The van der Waals surface area contributed by atoms with Gasteiger partial charge < -0.3 is 5.32 Å². The molecule has 1 N–H and O–H groups in total. The summed E-state index contributed by atoms with van der Waals surface area (Å²) in [6.45, 7) is 0. The molecule has 2 fully saturated rings. The van der Waals surface area contributed by atoms with E-state index in [2.05, 4.69) is 17.5 Å². The first-order chi connectivity index (χ1) is 7.83.